The Morgan fingerprint density at radius 3 is 1.11 bits per heavy atom. The SMILES string of the molecule is C=CC(=O)OCC(COC(=O)C=C)(COC(=O)C=C)COC(=O)NC1=CC=C(C)C(NC(=O)OCC(COC(=O)C=C)(COC(=O)C=C)COC(=O)C=C)C1C. The standard InChI is InChI=1S/C38H46N2O16/c1-9-28(41)49-17-37(18-50-29(42)10-2,19-51-30(43)11-3)23-55-35(47)39-27-16-15-25(7)34(26(27)8)40-36(48)56-24-38(20-52-31(44)12-4,21-53-32(45)13-5)22-54-33(46)14-6/h9-16,26,34H,1-6,17-24H2,7-8H3,(H,39,47)(H,40,48). The Balaban J connectivity index is 3.17. The van der Waals surface area contributed by atoms with Crippen LogP contribution in [0.1, 0.15) is 13.8 Å². The molecule has 0 aromatic heterocycles. The summed E-state index contributed by atoms with van der Waals surface area (Å²) < 4.78 is 41.7. The highest BCUT2D eigenvalue weighted by Gasteiger charge is 2.40. The summed E-state index contributed by atoms with van der Waals surface area (Å²) in [6, 6.07) is -0.776. The first-order valence-corrected chi connectivity index (χ1v) is 16.5. The average Bonchev–Trinajstić information content (AvgIpc) is 3.21. The molecule has 0 heterocycles. The highest BCUT2D eigenvalue weighted by Crippen LogP contribution is 2.26. The van der Waals surface area contributed by atoms with Gasteiger partial charge in [-0.25, -0.2) is 38.4 Å². The van der Waals surface area contributed by atoms with Gasteiger partial charge < -0.3 is 43.2 Å². The Hall–Kier alpha value is -6.72. The van der Waals surface area contributed by atoms with E-state index in [0.29, 0.717) is 5.57 Å². The van der Waals surface area contributed by atoms with Crippen LogP contribution < -0.4 is 10.6 Å². The number of carbonyl (C=O) groups is 8. The van der Waals surface area contributed by atoms with E-state index in [9.17, 15) is 38.4 Å². The van der Waals surface area contributed by atoms with Gasteiger partial charge in [0.1, 0.15) is 63.7 Å². The molecule has 0 saturated heterocycles. The van der Waals surface area contributed by atoms with Crippen molar-refractivity contribution in [2.75, 3.05) is 52.9 Å². The van der Waals surface area contributed by atoms with Crippen LogP contribution in [-0.2, 0) is 66.7 Å². The molecule has 2 N–H and O–H groups in total. The maximum Gasteiger partial charge on any atom is 0.411 e. The number of alkyl carbamates (subject to hydrolysis) is 2. The first kappa shape index (κ1) is 47.3. The van der Waals surface area contributed by atoms with Crippen LogP contribution in [-0.4, -0.2) is 107 Å². The van der Waals surface area contributed by atoms with E-state index < -0.39 is 124 Å². The van der Waals surface area contributed by atoms with Gasteiger partial charge in [0.2, 0.25) is 0 Å². The van der Waals surface area contributed by atoms with Gasteiger partial charge in [0, 0.05) is 48.1 Å². The third-order valence-electron chi connectivity index (χ3n) is 7.67. The Morgan fingerprint density at radius 1 is 0.518 bits per heavy atom. The van der Waals surface area contributed by atoms with E-state index in [4.69, 9.17) is 37.9 Å². The third-order valence-corrected chi connectivity index (χ3v) is 7.67. The zero-order chi connectivity index (χ0) is 42.3. The molecule has 2 amide bonds. The van der Waals surface area contributed by atoms with Gasteiger partial charge >= 0.3 is 48.0 Å². The van der Waals surface area contributed by atoms with Crippen molar-refractivity contribution in [3.05, 3.63) is 99.4 Å². The summed E-state index contributed by atoms with van der Waals surface area (Å²) in [7, 11) is 0. The lowest BCUT2D eigenvalue weighted by molar-refractivity contribution is -0.161. The van der Waals surface area contributed by atoms with E-state index in [1.165, 1.54) is 0 Å². The Kier molecular flexibility index (Phi) is 20.1. The second kappa shape index (κ2) is 23.8. The van der Waals surface area contributed by atoms with Crippen molar-refractivity contribution in [2.24, 2.45) is 16.7 Å². The molecule has 0 spiro atoms. The summed E-state index contributed by atoms with van der Waals surface area (Å²) >= 11 is 0. The molecule has 1 rings (SSSR count). The van der Waals surface area contributed by atoms with E-state index in [1.54, 1.807) is 26.0 Å². The van der Waals surface area contributed by atoms with Crippen LogP contribution in [0.2, 0.25) is 0 Å². The molecular formula is C38H46N2O16. The fourth-order valence-corrected chi connectivity index (χ4v) is 4.40. The smallest absolute Gasteiger partial charge is 0.411 e. The van der Waals surface area contributed by atoms with Gasteiger partial charge in [0.05, 0.1) is 6.04 Å². The van der Waals surface area contributed by atoms with Crippen LogP contribution in [0.4, 0.5) is 9.59 Å². The number of hydrogen-bond donors (Lipinski definition) is 2. The molecule has 0 bridgehead atoms. The predicted molar refractivity (Wildman–Crippen MR) is 196 cm³/mol. The minimum absolute atomic E-state index is 0.268. The van der Waals surface area contributed by atoms with Gasteiger partial charge in [-0.2, -0.15) is 0 Å². The first-order chi connectivity index (χ1) is 26.5. The van der Waals surface area contributed by atoms with Gasteiger partial charge in [-0.05, 0) is 13.0 Å². The molecule has 1 aliphatic rings. The van der Waals surface area contributed by atoms with Crippen molar-refractivity contribution in [1.82, 2.24) is 10.6 Å². The van der Waals surface area contributed by atoms with Crippen molar-refractivity contribution in [2.45, 2.75) is 19.9 Å². The van der Waals surface area contributed by atoms with Crippen molar-refractivity contribution in [3.63, 3.8) is 0 Å². The lowest BCUT2D eigenvalue weighted by atomic mass is 9.88. The largest absolute Gasteiger partial charge is 0.462 e. The number of amides is 2. The van der Waals surface area contributed by atoms with Gasteiger partial charge in [0.15, 0.2) is 0 Å². The highest BCUT2D eigenvalue weighted by molar-refractivity contribution is 5.83. The van der Waals surface area contributed by atoms with Gasteiger partial charge in [-0.3, -0.25) is 5.32 Å². The quantitative estimate of drug-likeness (QED) is 0.0813. The van der Waals surface area contributed by atoms with Crippen LogP contribution in [0.5, 0.6) is 0 Å². The molecule has 0 aliphatic heterocycles. The second-order valence-corrected chi connectivity index (χ2v) is 12.1. The van der Waals surface area contributed by atoms with Gasteiger partial charge in [-0.1, -0.05) is 58.0 Å². The molecule has 18 nitrogen and oxygen atoms in total. The summed E-state index contributed by atoms with van der Waals surface area (Å²) in [5.74, 6) is -5.79. The first-order valence-electron chi connectivity index (χ1n) is 16.5. The van der Waals surface area contributed by atoms with Crippen LogP contribution in [0.15, 0.2) is 99.4 Å². The Morgan fingerprint density at radius 2 is 0.804 bits per heavy atom. The van der Waals surface area contributed by atoms with Crippen LogP contribution in [0.3, 0.4) is 0 Å². The maximum absolute atomic E-state index is 13.2. The number of allylic oxidation sites excluding steroid dienone is 2. The monoisotopic (exact) mass is 786 g/mol. The van der Waals surface area contributed by atoms with Crippen molar-refractivity contribution in [3.8, 4) is 0 Å². The van der Waals surface area contributed by atoms with Gasteiger partial charge in [0.25, 0.3) is 0 Å². The fourth-order valence-electron chi connectivity index (χ4n) is 4.40. The number of rotatable bonds is 24. The summed E-state index contributed by atoms with van der Waals surface area (Å²) in [6.07, 6.45) is 6.37. The van der Waals surface area contributed by atoms with Crippen LogP contribution in [0.25, 0.3) is 0 Å². The molecule has 0 fully saturated rings. The summed E-state index contributed by atoms with van der Waals surface area (Å²) in [5, 5.41) is 5.24. The molecule has 0 radical (unpaired) electrons. The van der Waals surface area contributed by atoms with Crippen molar-refractivity contribution < 1.29 is 76.3 Å². The average molecular weight is 787 g/mol. The lowest BCUT2D eigenvalue weighted by Gasteiger charge is -2.33. The molecule has 56 heavy (non-hydrogen) atoms. The van der Waals surface area contributed by atoms with E-state index >= 15 is 0 Å². The fraction of sp³-hybridized carbons (Fsp3) is 0.368. The van der Waals surface area contributed by atoms with E-state index in [-0.39, 0.29) is 5.70 Å². The minimum Gasteiger partial charge on any atom is -0.462 e. The van der Waals surface area contributed by atoms with Crippen LogP contribution in [0, 0.1) is 16.7 Å². The summed E-state index contributed by atoms with van der Waals surface area (Å²) in [4.78, 5) is 97.6. The Bertz CT molecular complexity index is 1500. The van der Waals surface area contributed by atoms with E-state index in [1.807, 2.05) is 0 Å². The van der Waals surface area contributed by atoms with Crippen LogP contribution >= 0.6 is 0 Å². The summed E-state index contributed by atoms with van der Waals surface area (Å²) in [5.41, 5.74) is -2.27. The second-order valence-electron chi connectivity index (χ2n) is 12.1. The molecular weight excluding hydrogens is 740 g/mol. The van der Waals surface area contributed by atoms with Crippen molar-refractivity contribution >= 4 is 48.0 Å². The topological polar surface area (TPSA) is 234 Å². The Labute approximate surface area is 323 Å². The normalized spacial score (nSPS) is 14.6. The molecule has 2 atom stereocenters. The zero-order valence-electron chi connectivity index (χ0n) is 31.2. The molecule has 0 aromatic rings. The minimum atomic E-state index is -1.59. The summed E-state index contributed by atoms with van der Waals surface area (Å²) in [6.45, 7) is 18.8. The predicted octanol–water partition coefficient (Wildman–Crippen LogP) is 2.64. The molecule has 1 aliphatic carbocycles. The maximum atomic E-state index is 13.2. The lowest BCUT2D eigenvalue weighted by Crippen LogP contribution is -2.48. The molecule has 0 aromatic carbocycles. The van der Waals surface area contributed by atoms with Crippen molar-refractivity contribution in [1.29, 1.82) is 0 Å². The molecule has 18 heteroatoms. The number of esters is 6. The number of ether oxygens (including phenoxy) is 8. The molecule has 0 saturated carbocycles. The highest BCUT2D eigenvalue weighted by atomic mass is 16.6. The number of hydrogen-bond acceptors (Lipinski definition) is 16. The van der Waals surface area contributed by atoms with E-state index in [2.05, 4.69) is 50.1 Å². The molecule has 304 valence electrons. The zero-order valence-corrected chi connectivity index (χ0v) is 31.2. The number of carbonyl (C=O) groups excluding carboxylic acids is 8. The van der Waals surface area contributed by atoms with Gasteiger partial charge in [-0.15, -0.1) is 0 Å². The van der Waals surface area contributed by atoms with E-state index in [0.717, 1.165) is 36.5 Å². The number of nitrogens with one attached hydrogen (secondary N) is 2. The third kappa shape index (κ3) is 16.5. The molecule has 2 unspecified atom stereocenters.